The van der Waals surface area contributed by atoms with Crippen molar-refractivity contribution in [2.75, 3.05) is 0 Å². The third-order valence-corrected chi connectivity index (χ3v) is 1.38. The highest BCUT2D eigenvalue weighted by molar-refractivity contribution is 6.29. The highest BCUT2D eigenvalue weighted by atomic mass is 35.5. The lowest BCUT2D eigenvalue weighted by Crippen LogP contribution is -2.27. The summed E-state index contributed by atoms with van der Waals surface area (Å²) >= 11 is 5.41. The van der Waals surface area contributed by atoms with Crippen molar-refractivity contribution in [2.24, 2.45) is 5.73 Å². The monoisotopic (exact) mass is 187 g/mol. The fourth-order valence-corrected chi connectivity index (χ4v) is 0.827. The number of primary amides is 1. The second kappa shape index (κ2) is 3.36. The molecule has 0 radical (unpaired) electrons. The molecule has 1 amide bonds. The first-order valence-corrected chi connectivity index (χ1v) is 3.47. The molecule has 2 N–H and O–H groups in total. The van der Waals surface area contributed by atoms with E-state index in [1.54, 1.807) is 0 Å². The van der Waals surface area contributed by atoms with Gasteiger partial charge in [-0.1, -0.05) is 11.6 Å². The molecule has 1 aromatic rings. The molecule has 1 heterocycles. The molecule has 0 fully saturated rings. The zero-order valence-corrected chi connectivity index (χ0v) is 6.78. The number of hydrogen-bond donors (Lipinski definition) is 1. The van der Waals surface area contributed by atoms with E-state index in [4.69, 9.17) is 17.3 Å². The van der Waals surface area contributed by atoms with Crippen LogP contribution in [0.1, 0.15) is 0 Å². The van der Waals surface area contributed by atoms with E-state index in [0.29, 0.717) is 0 Å². The number of halogens is 1. The maximum absolute atomic E-state index is 11.0. The van der Waals surface area contributed by atoms with Crippen molar-refractivity contribution in [2.45, 2.75) is 6.54 Å². The lowest BCUT2D eigenvalue weighted by atomic mass is 10.5. The number of nitrogens with zero attached hydrogens (tertiary/aromatic N) is 2. The van der Waals surface area contributed by atoms with Gasteiger partial charge in [0.1, 0.15) is 11.7 Å². The Hall–Kier alpha value is -1.36. The summed E-state index contributed by atoms with van der Waals surface area (Å²) in [7, 11) is 0. The minimum Gasteiger partial charge on any atom is -0.368 e. The van der Waals surface area contributed by atoms with Crippen LogP contribution in [0.5, 0.6) is 0 Å². The van der Waals surface area contributed by atoms with Crippen molar-refractivity contribution in [1.29, 1.82) is 0 Å². The Labute approximate surface area is 72.8 Å². The number of amides is 1. The van der Waals surface area contributed by atoms with E-state index in [0.717, 1.165) is 10.6 Å². The molecule has 64 valence electrons. The summed E-state index contributed by atoms with van der Waals surface area (Å²) in [6, 6.07) is 1.12. The molecule has 0 saturated heterocycles. The molecular weight excluding hydrogens is 182 g/mol. The number of aromatic nitrogens is 2. The first-order valence-electron chi connectivity index (χ1n) is 3.10. The van der Waals surface area contributed by atoms with Gasteiger partial charge in [-0.05, 0) is 0 Å². The van der Waals surface area contributed by atoms with E-state index in [-0.39, 0.29) is 11.7 Å². The van der Waals surface area contributed by atoms with Crippen LogP contribution in [0, 0.1) is 0 Å². The normalized spacial score (nSPS) is 9.75. The maximum atomic E-state index is 11.0. The standard InChI is InChI=1S/C6H6ClN3O2/c7-4-1-6(12)10(3-9-4)2-5(8)11/h1,3H,2H2,(H2,8,11). The molecule has 0 spiro atoms. The van der Waals surface area contributed by atoms with Gasteiger partial charge in [0.2, 0.25) is 5.91 Å². The topological polar surface area (TPSA) is 78.0 Å². The van der Waals surface area contributed by atoms with Gasteiger partial charge in [0.05, 0.1) is 6.33 Å². The molecule has 0 aromatic carbocycles. The number of carbonyl (C=O) groups is 1. The molecule has 0 saturated carbocycles. The Morgan fingerprint density at radius 1 is 1.75 bits per heavy atom. The van der Waals surface area contributed by atoms with E-state index in [9.17, 15) is 9.59 Å². The van der Waals surface area contributed by atoms with Crippen LogP contribution in [-0.4, -0.2) is 15.5 Å². The summed E-state index contributed by atoms with van der Waals surface area (Å²) in [6.45, 7) is -0.178. The van der Waals surface area contributed by atoms with Gasteiger partial charge in [0.15, 0.2) is 0 Å². The molecule has 5 nitrogen and oxygen atoms in total. The molecule has 0 aliphatic rings. The molecule has 0 atom stereocenters. The molecule has 1 aromatic heterocycles. The fraction of sp³-hybridized carbons (Fsp3) is 0.167. The average molecular weight is 188 g/mol. The number of carbonyl (C=O) groups excluding carboxylic acids is 1. The third kappa shape index (κ3) is 2.06. The van der Waals surface area contributed by atoms with Crippen molar-refractivity contribution in [3.63, 3.8) is 0 Å². The number of hydrogen-bond acceptors (Lipinski definition) is 3. The van der Waals surface area contributed by atoms with Crippen molar-refractivity contribution in [3.8, 4) is 0 Å². The highest BCUT2D eigenvalue weighted by Crippen LogP contribution is 1.95. The van der Waals surface area contributed by atoms with Gasteiger partial charge < -0.3 is 5.73 Å². The largest absolute Gasteiger partial charge is 0.368 e. The quantitative estimate of drug-likeness (QED) is 0.627. The van der Waals surface area contributed by atoms with Crippen LogP contribution in [0.3, 0.4) is 0 Å². The van der Waals surface area contributed by atoms with Crippen LogP contribution in [0.15, 0.2) is 17.2 Å². The number of nitrogens with two attached hydrogens (primary N) is 1. The van der Waals surface area contributed by atoms with Crippen LogP contribution >= 0.6 is 11.6 Å². The second-order valence-corrected chi connectivity index (χ2v) is 2.53. The van der Waals surface area contributed by atoms with Crippen LogP contribution in [0.25, 0.3) is 0 Å². The lowest BCUT2D eigenvalue weighted by Gasteiger charge is -1.99. The van der Waals surface area contributed by atoms with Crippen LogP contribution < -0.4 is 11.3 Å². The molecule has 6 heteroatoms. The van der Waals surface area contributed by atoms with Gasteiger partial charge in [0, 0.05) is 6.07 Å². The summed E-state index contributed by atoms with van der Waals surface area (Å²) in [4.78, 5) is 25.0. The molecule has 0 aliphatic carbocycles. The molecule has 0 bridgehead atoms. The summed E-state index contributed by atoms with van der Waals surface area (Å²) in [5.74, 6) is -0.596. The summed E-state index contributed by atoms with van der Waals surface area (Å²) in [5.41, 5.74) is 4.48. The van der Waals surface area contributed by atoms with Crippen molar-refractivity contribution in [1.82, 2.24) is 9.55 Å². The first kappa shape index (κ1) is 8.73. The lowest BCUT2D eigenvalue weighted by molar-refractivity contribution is -0.118. The summed E-state index contributed by atoms with van der Waals surface area (Å²) in [6.07, 6.45) is 1.18. The van der Waals surface area contributed by atoms with Gasteiger partial charge in [-0.15, -0.1) is 0 Å². The van der Waals surface area contributed by atoms with Gasteiger partial charge in [-0.2, -0.15) is 0 Å². The van der Waals surface area contributed by atoms with Crippen molar-refractivity contribution < 1.29 is 4.79 Å². The van der Waals surface area contributed by atoms with Crippen molar-refractivity contribution in [3.05, 3.63) is 27.9 Å². The zero-order chi connectivity index (χ0) is 9.14. The zero-order valence-electron chi connectivity index (χ0n) is 6.03. The Morgan fingerprint density at radius 3 is 2.92 bits per heavy atom. The summed E-state index contributed by atoms with van der Waals surface area (Å²) in [5, 5.41) is 0.0979. The van der Waals surface area contributed by atoms with Crippen molar-refractivity contribution >= 4 is 17.5 Å². The molecule has 12 heavy (non-hydrogen) atoms. The number of rotatable bonds is 2. The predicted octanol–water partition coefficient (Wildman–Crippen LogP) is -0.618. The van der Waals surface area contributed by atoms with E-state index in [1.807, 2.05) is 0 Å². The minimum atomic E-state index is -0.596. The third-order valence-electron chi connectivity index (χ3n) is 1.17. The minimum absolute atomic E-state index is 0.0979. The smallest absolute Gasteiger partial charge is 0.255 e. The van der Waals surface area contributed by atoms with Crippen LogP contribution in [0.2, 0.25) is 5.15 Å². The fourth-order valence-electron chi connectivity index (χ4n) is 0.690. The average Bonchev–Trinajstić information content (AvgIpc) is 1.94. The van der Waals surface area contributed by atoms with E-state index >= 15 is 0 Å². The molecular formula is C6H6ClN3O2. The van der Waals surface area contributed by atoms with Crippen LogP contribution in [-0.2, 0) is 11.3 Å². The van der Waals surface area contributed by atoms with Gasteiger partial charge in [-0.25, -0.2) is 4.98 Å². The highest BCUT2D eigenvalue weighted by Gasteiger charge is 2.00. The Bertz CT molecular complexity index is 360. The molecule has 1 rings (SSSR count). The van der Waals surface area contributed by atoms with E-state index in [2.05, 4.69) is 4.98 Å². The van der Waals surface area contributed by atoms with Crippen LogP contribution in [0.4, 0.5) is 0 Å². The SMILES string of the molecule is NC(=O)Cn1cnc(Cl)cc1=O. The van der Waals surface area contributed by atoms with Gasteiger partial charge >= 0.3 is 0 Å². The Kier molecular flexibility index (Phi) is 2.44. The van der Waals surface area contributed by atoms with Gasteiger partial charge in [0.25, 0.3) is 5.56 Å². The summed E-state index contributed by atoms with van der Waals surface area (Å²) < 4.78 is 1.08. The van der Waals surface area contributed by atoms with E-state index < -0.39 is 11.5 Å². The molecule has 0 unspecified atom stereocenters. The van der Waals surface area contributed by atoms with Gasteiger partial charge in [-0.3, -0.25) is 14.2 Å². The maximum Gasteiger partial charge on any atom is 0.255 e. The predicted molar refractivity (Wildman–Crippen MR) is 42.7 cm³/mol. The second-order valence-electron chi connectivity index (χ2n) is 2.14. The Balaban J connectivity index is 3.02. The first-order chi connectivity index (χ1) is 5.59. The molecule has 0 aliphatic heterocycles. The van der Waals surface area contributed by atoms with E-state index in [1.165, 1.54) is 6.33 Å². The Morgan fingerprint density at radius 2 is 2.42 bits per heavy atom.